The number of allylic oxidation sites excluding steroid dienone is 4. The number of esters is 2. The van der Waals surface area contributed by atoms with Crippen LogP contribution in [0.4, 0.5) is 0 Å². The first-order valence-electron chi connectivity index (χ1n) is 14.9. The summed E-state index contributed by atoms with van der Waals surface area (Å²) in [6.07, 6.45) is 5.44. The van der Waals surface area contributed by atoms with E-state index in [0.717, 1.165) is 21.5 Å². The van der Waals surface area contributed by atoms with Gasteiger partial charge in [-0.05, 0) is 44.5 Å². The molecule has 4 unspecified atom stereocenters. The summed E-state index contributed by atoms with van der Waals surface area (Å²) < 4.78 is 23.4. The van der Waals surface area contributed by atoms with E-state index in [2.05, 4.69) is 0 Å². The lowest BCUT2D eigenvalue weighted by Crippen LogP contribution is -2.46. The van der Waals surface area contributed by atoms with Gasteiger partial charge in [-0.3, -0.25) is 11.5 Å². The number of hydrogen-bond acceptors (Lipinski definition) is 8. The van der Waals surface area contributed by atoms with E-state index in [4.69, 9.17) is 30.4 Å². The average Bonchev–Trinajstić information content (AvgIpc) is 3.81. The molecule has 2 aliphatic heterocycles. The molecule has 4 aromatic carbocycles. The van der Waals surface area contributed by atoms with E-state index < -0.39 is 56.7 Å². The van der Waals surface area contributed by atoms with Crippen LogP contribution in [0, 0.1) is 0 Å². The molecule has 238 valence electrons. The molecule has 0 fully saturated rings. The van der Waals surface area contributed by atoms with Gasteiger partial charge in [-0.15, -0.1) is 0 Å². The van der Waals surface area contributed by atoms with Gasteiger partial charge in [0.15, 0.2) is 12.5 Å². The molecular weight excluding hydrogens is 621 g/mol. The maximum atomic E-state index is 13.0. The van der Waals surface area contributed by atoms with Gasteiger partial charge in [0, 0.05) is 10.8 Å². The van der Waals surface area contributed by atoms with Gasteiger partial charge in [0.05, 0.1) is 10.5 Å². The van der Waals surface area contributed by atoms with Crippen molar-refractivity contribution in [3.05, 3.63) is 131 Å². The summed E-state index contributed by atoms with van der Waals surface area (Å²) in [5, 5.41) is 11.3. The number of carbonyl (C=O) groups is 2. The van der Waals surface area contributed by atoms with Gasteiger partial charge < -0.3 is 18.9 Å². The van der Waals surface area contributed by atoms with Gasteiger partial charge in [-0.1, -0.05) is 97.1 Å². The predicted molar refractivity (Wildman–Crippen MR) is 189 cm³/mol. The fraction of sp³-hybridized carbons (Fsp3) is 0.167. The summed E-state index contributed by atoms with van der Waals surface area (Å²) in [6, 6.07) is 27.5. The van der Waals surface area contributed by atoms with Crippen LogP contribution in [0.15, 0.2) is 131 Å². The lowest BCUT2D eigenvalue weighted by molar-refractivity contribution is -0.174. The highest BCUT2D eigenvalue weighted by Gasteiger charge is 2.33. The standard InChI is InChI=1S/C36H36N2O6S2/c37-33(31(45-19-5-6-20-45)23-41-29-17-9-13-25-11-1-3-15-27(25)29)43-35(39)36(40)44-34(38)32(46-21-7-8-22-46)24-42-30-18-10-14-26-12-2-4-16-28(26)30/h1-22,31-34,45-46H,23-24,37-38H2. The highest BCUT2D eigenvalue weighted by molar-refractivity contribution is 8.23. The van der Waals surface area contributed by atoms with Crippen LogP contribution in [-0.2, 0) is 19.1 Å². The zero-order valence-electron chi connectivity index (χ0n) is 24.9. The van der Waals surface area contributed by atoms with E-state index in [1.54, 1.807) is 0 Å². The first kappa shape index (κ1) is 31.5. The topological polar surface area (TPSA) is 123 Å². The fourth-order valence-corrected chi connectivity index (χ4v) is 8.90. The van der Waals surface area contributed by atoms with E-state index in [-0.39, 0.29) is 13.2 Å². The van der Waals surface area contributed by atoms with Crippen LogP contribution < -0.4 is 20.9 Å². The van der Waals surface area contributed by atoms with Crippen LogP contribution >= 0.6 is 21.8 Å². The summed E-state index contributed by atoms with van der Waals surface area (Å²) in [7, 11) is -1.81. The molecule has 4 aromatic rings. The number of fused-ring (bicyclic) bond motifs is 2. The number of carbonyl (C=O) groups excluding carboxylic acids is 2. The van der Waals surface area contributed by atoms with Gasteiger partial charge in [-0.2, -0.15) is 0 Å². The van der Waals surface area contributed by atoms with Crippen molar-refractivity contribution in [2.45, 2.75) is 23.0 Å². The van der Waals surface area contributed by atoms with E-state index in [1.165, 1.54) is 0 Å². The molecule has 8 nitrogen and oxygen atoms in total. The lowest BCUT2D eigenvalue weighted by atomic mass is 10.1. The van der Waals surface area contributed by atoms with Gasteiger partial charge in [-0.25, -0.2) is 31.4 Å². The Bertz CT molecular complexity index is 1670. The first-order valence-corrected chi connectivity index (χ1v) is 18.0. The Kier molecular flexibility index (Phi) is 10.1. The third-order valence-corrected chi connectivity index (χ3v) is 12.2. The Balaban J connectivity index is 1.10. The van der Waals surface area contributed by atoms with Crippen LogP contribution in [0.5, 0.6) is 11.5 Å². The SMILES string of the molecule is NC(OC(=O)C(=O)OC(N)C(COc1cccc2ccccc12)[SH]1C=CC=C1)C(COc1cccc2ccccc12)[SH]1C=CC=C1. The molecular formula is C36H36N2O6S2. The Morgan fingerprint density at radius 2 is 0.913 bits per heavy atom. The molecule has 0 spiro atoms. The maximum Gasteiger partial charge on any atom is 0.419 e. The molecule has 10 heteroatoms. The van der Waals surface area contributed by atoms with Crippen molar-refractivity contribution < 1.29 is 28.5 Å². The van der Waals surface area contributed by atoms with Gasteiger partial charge in [0.2, 0.25) is 0 Å². The van der Waals surface area contributed by atoms with Crippen LogP contribution in [0.2, 0.25) is 0 Å². The molecule has 6 rings (SSSR count). The molecule has 0 aliphatic carbocycles. The monoisotopic (exact) mass is 656 g/mol. The van der Waals surface area contributed by atoms with E-state index in [0.29, 0.717) is 11.5 Å². The summed E-state index contributed by atoms with van der Waals surface area (Å²) in [5.74, 6) is -1.02. The summed E-state index contributed by atoms with van der Waals surface area (Å²) in [5.41, 5.74) is 12.8. The van der Waals surface area contributed by atoms with Crippen molar-refractivity contribution in [1.82, 2.24) is 0 Å². The van der Waals surface area contributed by atoms with Gasteiger partial charge >= 0.3 is 11.9 Å². The molecule has 0 aromatic heterocycles. The fourth-order valence-electron chi connectivity index (χ4n) is 5.33. The van der Waals surface area contributed by atoms with Crippen molar-refractivity contribution in [1.29, 1.82) is 0 Å². The van der Waals surface area contributed by atoms with Crippen LogP contribution in [0.25, 0.3) is 21.5 Å². The first-order chi connectivity index (χ1) is 22.5. The quantitative estimate of drug-likeness (QED) is 0.0641. The van der Waals surface area contributed by atoms with Crippen molar-refractivity contribution in [2.75, 3.05) is 13.2 Å². The molecule has 0 bridgehead atoms. The molecule has 0 saturated carbocycles. The second kappa shape index (κ2) is 14.7. The molecule has 0 radical (unpaired) electrons. The second-order valence-electron chi connectivity index (χ2n) is 10.7. The van der Waals surface area contributed by atoms with Crippen molar-refractivity contribution in [3.8, 4) is 11.5 Å². The third kappa shape index (κ3) is 7.32. The average molecular weight is 657 g/mol. The van der Waals surface area contributed by atoms with Crippen LogP contribution in [0.1, 0.15) is 0 Å². The zero-order valence-corrected chi connectivity index (χ0v) is 26.7. The van der Waals surface area contributed by atoms with Gasteiger partial charge in [0.25, 0.3) is 0 Å². The molecule has 2 aliphatic rings. The number of thiol groups is 2. The van der Waals surface area contributed by atoms with E-state index in [1.807, 2.05) is 131 Å². The maximum absolute atomic E-state index is 13.0. The molecule has 46 heavy (non-hydrogen) atoms. The summed E-state index contributed by atoms with van der Waals surface area (Å²) in [4.78, 5) is 25.9. The Morgan fingerprint density at radius 3 is 1.33 bits per heavy atom. The number of rotatable bonds is 12. The minimum atomic E-state index is -1.21. The molecule has 2 heterocycles. The highest BCUT2D eigenvalue weighted by atomic mass is 32.2. The largest absolute Gasteiger partial charge is 0.492 e. The molecule has 0 saturated heterocycles. The molecule has 4 N–H and O–H groups in total. The Morgan fingerprint density at radius 1 is 0.543 bits per heavy atom. The molecule has 4 atom stereocenters. The number of ether oxygens (including phenoxy) is 4. The van der Waals surface area contributed by atoms with Crippen LogP contribution in [-0.4, -0.2) is 48.1 Å². The van der Waals surface area contributed by atoms with Crippen molar-refractivity contribution >= 4 is 55.3 Å². The van der Waals surface area contributed by atoms with Crippen molar-refractivity contribution in [3.63, 3.8) is 0 Å². The number of hydrogen-bond donors (Lipinski definition) is 4. The van der Waals surface area contributed by atoms with Crippen LogP contribution in [0.3, 0.4) is 0 Å². The minimum Gasteiger partial charge on any atom is -0.492 e. The number of benzene rings is 4. The Hall–Kier alpha value is -4.48. The third-order valence-electron chi connectivity index (χ3n) is 7.75. The second-order valence-corrected chi connectivity index (χ2v) is 15.0. The zero-order chi connectivity index (χ0) is 31.9. The predicted octanol–water partition coefficient (Wildman–Crippen LogP) is 5.93. The van der Waals surface area contributed by atoms with E-state index in [9.17, 15) is 9.59 Å². The van der Waals surface area contributed by atoms with E-state index >= 15 is 0 Å². The molecule has 0 amide bonds. The smallest absolute Gasteiger partial charge is 0.419 e. The Labute approximate surface area is 273 Å². The van der Waals surface area contributed by atoms with Crippen molar-refractivity contribution in [2.24, 2.45) is 11.5 Å². The minimum absolute atomic E-state index is 0.175. The number of nitrogens with two attached hydrogens (primary N) is 2. The van der Waals surface area contributed by atoms with Gasteiger partial charge in [0.1, 0.15) is 24.7 Å². The highest BCUT2D eigenvalue weighted by Crippen LogP contribution is 2.41. The normalized spacial score (nSPS) is 17.6. The lowest BCUT2D eigenvalue weighted by Gasteiger charge is -2.30. The summed E-state index contributed by atoms with van der Waals surface area (Å²) >= 11 is 0. The summed E-state index contributed by atoms with van der Waals surface area (Å²) in [6.45, 7) is 0.349.